The summed E-state index contributed by atoms with van der Waals surface area (Å²) in [7, 11) is 0. The van der Waals surface area contributed by atoms with E-state index in [9.17, 15) is 0 Å². The zero-order valence-electron chi connectivity index (χ0n) is 15.3. The van der Waals surface area contributed by atoms with Crippen molar-refractivity contribution in [1.82, 2.24) is 35.6 Å². The van der Waals surface area contributed by atoms with Crippen molar-refractivity contribution in [2.24, 2.45) is 0 Å². The topological polar surface area (TPSA) is 120 Å². The summed E-state index contributed by atoms with van der Waals surface area (Å²) in [5.41, 5.74) is 4.43. The number of benzene rings is 2. The maximum absolute atomic E-state index is 4.70. The van der Waals surface area contributed by atoms with Crippen LogP contribution in [0.5, 0.6) is 0 Å². The number of rotatable bonds is 5. The van der Waals surface area contributed by atoms with Gasteiger partial charge in [-0.05, 0) is 43.2 Å². The van der Waals surface area contributed by atoms with Crippen LogP contribution >= 0.6 is 0 Å². The predicted molar refractivity (Wildman–Crippen MR) is 111 cm³/mol. The molecule has 1 saturated carbocycles. The van der Waals surface area contributed by atoms with Crippen molar-refractivity contribution in [3.63, 3.8) is 0 Å². The monoisotopic (exact) mass is 383 g/mol. The summed E-state index contributed by atoms with van der Waals surface area (Å²) in [5, 5.41) is 25.9. The van der Waals surface area contributed by atoms with Crippen LogP contribution in [0.25, 0.3) is 21.9 Å². The first kappa shape index (κ1) is 16.0. The van der Waals surface area contributed by atoms with Crippen molar-refractivity contribution in [1.29, 1.82) is 0 Å². The fourth-order valence-corrected chi connectivity index (χ4v) is 3.40. The Labute approximate surface area is 165 Å². The van der Waals surface area contributed by atoms with Crippen LogP contribution < -0.4 is 10.6 Å². The van der Waals surface area contributed by atoms with Crippen LogP contribution in [0.1, 0.15) is 24.5 Å². The van der Waals surface area contributed by atoms with Crippen molar-refractivity contribution in [2.75, 3.05) is 10.6 Å². The third kappa shape index (κ3) is 3.02. The summed E-state index contributed by atoms with van der Waals surface area (Å²) < 4.78 is 0. The van der Waals surface area contributed by atoms with Gasteiger partial charge in [-0.2, -0.15) is 25.5 Å². The van der Waals surface area contributed by atoms with Crippen LogP contribution in [0.15, 0.2) is 48.5 Å². The molecule has 9 nitrogen and oxygen atoms in total. The lowest BCUT2D eigenvalue weighted by Gasteiger charge is -2.10. The molecule has 3 heterocycles. The molecule has 6 rings (SSSR count). The third-order valence-electron chi connectivity index (χ3n) is 5.04. The van der Waals surface area contributed by atoms with Gasteiger partial charge < -0.3 is 10.6 Å². The molecule has 0 spiro atoms. The summed E-state index contributed by atoms with van der Waals surface area (Å²) in [5.74, 6) is 2.57. The fraction of sp³-hybridized carbons (Fsp3) is 0.150. The van der Waals surface area contributed by atoms with Crippen LogP contribution in [0.3, 0.4) is 0 Å². The Bertz CT molecular complexity index is 1330. The highest BCUT2D eigenvalue weighted by Crippen LogP contribution is 2.39. The van der Waals surface area contributed by atoms with Crippen molar-refractivity contribution in [3.05, 3.63) is 54.2 Å². The van der Waals surface area contributed by atoms with E-state index in [1.54, 1.807) is 0 Å². The minimum atomic E-state index is 0.493. The molecule has 3 aromatic heterocycles. The number of para-hydroxylation sites is 1. The van der Waals surface area contributed by atoms with Crippen LogP contribution in [0.2, 0.25) is 0 Å². The molecule has 4 N–H and O–H groups in total. The highest BCUT2D eigenvalue weighted by atomic mass is 15.3. The second kappa shape index (κ2) is 6.26. The second-order valence-electron chi connectivity index (χ2n) is 7.17. The molecule has 1 aliphatic rings. The van der Waals surface area contributed by atoms with Crippen molar-refractivity contribution >= 4 is 45.2 Å². The van der Waals surface area contributed by atoms with Crippen LogP contribution in [0, 0.1) is 0 Å². The molecular weight excluding hydrogens is 366 g/mol. The summed E-state index contributed by atoms with van der Waals surface area (Å²) in [6, 6.07) is 15.7. The average molecular weight is 383 g/mol. The second-order valence-corrected chi connectivity index (χ2v) is 7.17. The van der Waals surface area contributed by atoms with Crippen LogP contribution in [-0.2, 0) is 0 Å². The molecule has 1 fully saturated rings. The molecule has 142 valence electrons. The smallest absolute Gasteiger partial charge is 0.229 e. The molecule has 0 amide bonds. The molecule has 5 aromatic rings. The molecule has 0 bridgehead atoms. The number of fused-ring (bicyclic) bond motifs is 2. The highest BCUT2D eigenvalue weighted by Gasteiger charge is 2.25. The van der Waals surface area contributed by atoms with Gasteiger partial charge in [0.15, 0.2) is 5.82 Å². The van der Waals surface area contributed by atoms with E-state index < -0.39 is 0 Å². The van der Waals surface area contributed by atoms with Gasteiger partial charge >= 0.3 is 0 Å². The van der Waals surface area contributed by atoms with E-state index >= 15 is 0 Å². The van der Waals surface area contributed by atoms with Crippen molar-refractivity contribution in [2.45, 2.75) is 18.8 Å². The molecular formula is C20H17N9. The zero-order chi connectivity index (χ0) is 19.2. The largest absolute Gasteiger partial charge is 0.324 e. The molecule has 0 unspecified atom stereocenters. The summed E-state index contributed by atoms with van der Waals surface area (Å²) >= 11 is 0. The first-order valence-corrected chi connectivity index (χ1v) is 9.48. The van der Waals surface area contributed by atoms with Gasteiger partial charge in [-0.3, -0.25) is 5.10 Å². The van der Waals surface area contributed by atoms with Gasteiger partial charge in [0, 0.05) is 28.8 Å². The normalized spacial score (nSPS) is 13.8. The summed E-state index contributed by atoms with van der Waals surface area (Å²) in [6.45, 7) is 0. The van der Waals surface area contributed by atoms with Gasteiger partial charge in [0.2, 0.25) is 5.95 Å². The fourth-order valence-electron chi connectivity index (χ4n) is 3.40. The van der Waals surface area contributed by atoms with Gasteiger partial charge in [0.25, 0.3) is 0 Å². The molecule has 0 saturated heterocycles. The number of nitrogens with one attached hydrogen (secondary N) is 4. The van der Waals surface area contributed by atoms with E-state index in [0.717, 1.165) is 33.4 Å². The molecule has 29 heavy (non-hydrogen) atoms. The summed E-state index contributed by atoms with van der Waals surface area (Å²) in [6.07, 6.45) is 2.45. The minimum absolute atomic E-state index is 0.493. The average Bonchev–Trinajstić information content (AvgIpc) is 3.30. The van der Waals surface area contributed by atoms with Gasteiger partial charge in [-0.25, -0.2) is 4.98 Å². The Hall–Kier alpha value is -4.01. The standard InChI is InChI=1S/C20H17N9/c1-2-4-14-13(3-1)19(23-18-10-16(25-28-18)11-5-6-11)24-20(22-14)21-12-7-8-15-17(9-12)27-29-26-15/h1-4,7-11H,5-6H2,(H,26,27,29)(H3,21,22,23,24,25,28). The lowest BCUT2D eigenvalue weighted by Crippen LogP contribution is -2.02. The first-order chi connectivity index (χ1) is 14.3. The van der Waals surface area contributed by atoms with E-state index in [2.05, 4.69) is 47.3 Å². The van der Waals surface area contributed by atoms with E-state index in [1.165, 1.54) is 18.5 Å². The lowest BCUT2D eigenvalue weighted by atomic mass is 10.2. The van der Waals surface area contributed by atoms with Crippen molar-refractivity contribution in [3.8, 4) is 0 Å². The molecule has 2 aromatic carbocycles. The number of H-pyrrole nitrogens is 2. The molecule has 9 heteroatoms. The number of nitrogens with zero attached hydrogens (tertiary/aromatic N) is 5. The Balaban J connectivity index is 1.37. The van der Waals surface area contributed by atoms with E-state index in [0.29, 0.717) is 17.7 Å². The molecule has 1 aliphatic carbocycles. The van der Waals surface area contributed by atoms with Crippen molar-refractivity contribution < 1.29 is 0 Å². The number of aromatic amines is 2. The lowest BCUT2D eigenvalue weighted by molar-refractivity contribution is 0.959. The molecule has 0 atom stereocenters. The molecule has 0 aliphatic heterocycles. The third-order valence-corrected chi connectivity index (χ3v) is 5.04. The van der Waals surface area contributed by atoms with E-state index in [4.69, 9.17) is 4.98 Å². The van der Waals surface area contributed by atoms with Crippen LogP contribution in [0.4, 0.5) is 23.3 Å². The number of hydrogen-bond acceptors (Lipinski definition) is 7. The zero-order valence-corrected chi connectivity index (χ0v) is 15.3. The molecule has 0 radical (unpaired) electrons. The quantitative estimate of drug-likeness (QED) is 0.362. The number of aromatic nitrogens is 7. The predicted octanol–water partition coefficient (Wildman–Crippen LogP) is 3.99. The number of anilines is 4. The summed E-state index contributed by atoms with van der Waals surface area (Å²) in [4.78, 5) is 9.35. The Morgan fingerprint density at radius 1 is 0.828 bits per heavy atom. The minimum Gasteiger partial charge on any atom is -0.324 e. The van der Waals surface area contributed by atoms with Gasteiger partial charge in [0.05, 0.1) is 5.52 Å². The highest BCUT2D eigenvalue weighted by molar-refractivity contribution is 5.92. The van der Waals surface area contributed by atoms with E-state index in [1.807, 2.05) is 42.5 Å². The Morgan fingerprint density at radius 3 is 2.66 bits per heavy atom. The Morgan fingerprint density at radius 2 is 1.72 bits per heavy atom. The Kier molecular flexibility index (Phi) is 3.45. The van der Waals surface area contributed by atoms with Gasteiger partial charge in [-0.15, -0.1) is 0 Å². The van der Waals surface area contributed by atoms with Crippen LogP contribution in [-0.4, -0.2) is 35.6 Å². The SMILES string of the molecule is c1ccc2c(Nc3cc(C4CC4)[nH]n3)nc(Nc3ccc4n[nH]nc4c3)nc2c1. The van der Waals surface area contributed by atoms with Gasteiger partial charge in [0.1, 0.15) is 16.9 Å². The van der Waals surface area contributed by atoms with Gasteiger partial charge in [-0.1, -0.05) is 12.1 Å². The maximum atomic E-state index is 4.70. The number of hydrogen-bond donors (Lipinski definition) is 4. The first-order valence-electron chi connectivity index (χ1n) is 9.48. The van der Waals surface area contributed by atoms with E-state index in [-0.39, 0.29) is 0 Å². The maximum Gasteiger partial charge on any atom is 0.229 e.